The number of aromatic nitrogens is 1. The van der Waals surface area contributed by atoms with Gasteiger partial charge in [-0.25, -0.2) is 22.9 Å². The third-order valence-corrected chi connectivity index (χ3v) is 7.62. The molecule has 0 bridgehead atoms. The van der Waals surface area contributed by atoms with E-state index in [-0.39, 0.29) is 33.9 Å². The molecule has 0 unspecified atom stereocenters. The van der Waals surface area contributed by atoms with Gasteiger partial charge < -0.3 is 10.2 Å². The molecular formula is C24H23Cl2FN4O3S. The Hall–Kier alpha value is -2.72. The van der Waals surface area contributed by atoms with E-state index in [2.05, 4.69) is 10.3 Å². The molecule has 3 N–H and O–H groups in total. The Kier molecular flexibility index (Phi) is 7.32. The van der Waals surface area contributed by atoms with E-state index >= 15 is 0 Å². The molecular weight excluding hydrogens is 514 g/mol. The van der Waals surface area contributed by atoms with Crippen molar-refractivity contribution in [3.8, 4) is 0 Å². The summed E-state index contributed by atoms with van der Waals surface area (Å²) in [4.78, 5) is 19.0. The van der Waals surface area contributed by atoms with Crippen LogP contribution in [0.3, 0.4) is 0 Å². The number of aryl methyl sites for hydroxylation is 1. The second kappa shape index (κ2) is 10.1. The smallest absolute Gasteiger partial charge is 0.257 e. The normalized spacial score (nSPS) is 14.7. The number of primary sulfonamides is 1. The third-order valence-electron chi connectivity index (χ3n) is 6.06. The van der Waals surface area contributed by atoms with Crippen LogP contribution in [-0.4, -0.2) is 37.3 Å². The van der Waals surface area contributed by atoms with E-state index in [0.29, 0.717) is 36.6 Å². The second-order valence-electron chi connectivity index (χ2n) is 8.41. The summed E-state index contributed by atoms with van der Waals surface area (Å²) < 4.78 is 37.3. The molecule has 7 nitrogen and oxygen atoms in total. The van der Waals surface area contributed by atoms with Gasteiger partial charge in [-0.1, -0.05) is 35.3 Å². The van der Waals surface area contributed by atoms with Crippen LogP contribution in [0.2, 0.25) is 10.0 Å². The van der Waals surface area contributed by atoms with Crippen molar-refractivity contribution in [1.29, 1.82) is 0 Å². The average Bonchev–Trinajstić information content (AvgIpc) is 2.81. The lowest BCUT2D eigenvalue weighted by Gasteiger charge is -2.33. The summed E-state index contributed by atoms with van der Waals surface area (Å²) >= 11 is 12.5. The monoisotopic (exact) mass is 536 g/mol. The second-order valence-corrected chi connectivity index (χ2v) is 10.7. The van der Waals surface area contributed by atoms with Crippen LogP contribution in [0.5, 0.6) is 0 Å². The highest BCUT2D eigenvalue weighted by Gasteiger charge is 2.29. The summed E-state index contributed by atoms with van der Waals surface area (Å²) in [5, 5.41) is 8.08. The van der Waals surface area contributed by atoms with E-state index in [1.807, 2.05) is 6.92 Å². The number of carbonyl (C=O) groups excluding carboxylic acids is 1. The van der Waals surface area contributed by atoms with Gasteiger partial charge >= 0.3 is 0 Å². The lowest BCUT2D eigenvalue weighted by atomic mass is 9.89. The van der Waals surface area contributed by atoms with Crippen LogP contribution in [0, 0.1) is 12.7 Å². The zero-order valence-corrected chi connectivity index (χ0v) is 21.1. The van der Waals surface area contributed by atoms with Crippen molar-refractivity contribution >= 4 is 50.5 Å². The quantitative estimate of drug-likeness (QED) is 0.463. The van der Waals surface area contributed by atoms with Crippen molar-refractivity contribution in [2.24, 2.45) is 5.14 Å². The number of nitrogens with two attached hydrogens (primary N) is 1. The molecule has 35 heavy (non-hydrogen) atoms. The minimum Gasteiger partial charge on any atom is -0.353 e. The highest BCUT2D eigenvalue weighted by Crippen LogP contribution is 2.36. The fourth-order valence-corrected chi connectivity index (χ4v) is 5.47. The number of hydrogen-bond acceptors (Lipinski definition) is 5. The van der Waals surface area contributed by atoms with Gasteiger partial charge in [-0.05, 0) is 67.1 Å². The summed E-state index contributed by atoms with van der Waals surface area (Å²) in [6, 6.07) is 11.5. The van der Waals surface area contributed by atoms with Crippen molar-refractivity contribution in [3.63, 3.8) is 0 Å². The molecule has 1 saturated heterocycles. The van der Waals surface area contributed by atoms with Crippen LogP contribution in [0.15, 0.2) is 53.7 Å². The predicted molar refractivity (Wildman–Crippen MR) is 134 cm³/mol. The Bertz CT molecular complexity index is 1380. The fraction of sp³-hybridized carbons (Fsp3) is 0.250. The Morgan fingerprint density at radius 2 is 1.80 bits per heavy atom. The first-order chi connectivity index (χ1) is 16.5. The molecule has 3 aromatic rings. The largest absolute Gasteiger partial charge is 0.353 e. The van der Waals surface area contributed by atoms with Gasteiger partial charge in [0.05, 0.1) is 11.3 Å². The minimum atomic E-state index is -4.23. The van der Waals surface area contributed by atoms with Gasteiger partial charge in [0.1, 0.15) is 10.8 Å². The van der Waals surface area contributed by atoms with Gasteiger partial charge in [0.15, 0.2) is 5.03 Å². The van der Waals surface area contributed by atoms with Crippen LogP contribution < -0.4 is 10.5 Å². The molecule has 0 saturated carbocycles. The van der Waals surface area contributed by atoms with Crippen molar-refractivity contribution in [3.05, 3.63) is 81.2 Å². The van der Waals surface area contributed by atoms with Crippen LogP contribution >= 0.6 is 23.2 Å². The van der Waals surface area contributed by atoms with E-state index in [1.54, 1.807) is 35.2 Å². The molecule has 11 heteroatoms. The molecule has 1 aliphatic rings. The number of anilines is 2. The van der Waals surface area contributed by atoms with Crippen LogP contribution in [0.4, 0.5) is 15.8 Å². The molecule has 1 amide bonds. The molecule has 1 fully saturated rings. The number of likely N-dealkylation sites (tertiary alicyclic amines) is 1. The number of nitrogens with one attached hydrogen (secondary N) is 1. The number of halogens is 3. The lowest BCUT2D eigenvalue weighted by molar-refractivity contribution is 0.0713. The Morgan fingerprint density at radius 3 is 2.40 bits per heavy atom. The molecule has 0 radical (unpaired) electrons. The van der Waals surface area contributed by atoms with Crippen molar-refractivity contribution < 1.29 is 17.6 Å². The summed E-state index contributed by atoms with van der Waals surface area (Å²) in [5.41, 5.74) is 2.60. The van der Waals surface area contributed by atoms with Crippen molar-refractivity contribution in [2.45, 2.75) is 30.7 Å². The summed E-state index contributed by atoms with van der Waals surface area (Å²) in [5.74, 6) is -0.419. The van der Waals surface area contributed by atoms with E-state index in [1.165, 1.54) is 18.3 Å². The predicted octanol–water partition coefficient (Wildman–Crippen LogP) is 5.25. The summed E-state index contributed by atoms with van der Waals surface area (Å²) in [6.45, 7) is 2.75. The molecule has 0 aliphatic carbocycles. The van der Waals surface area contributed by atoms with Gasteiger partial charge in [0.2, 0.25) is 0 Å². The maximum absolute atomic E-state index is 13.5. The van der Waals surface area contributed by atoms with E-state index < -0.39 is 15.0 Å². The van der Waals surface area contributed by atoms with Crippen molar-refractivity contribution in [2.75, 3.05) is 18.4 Å². The van der Waals surface area contributed by atoms with Gasteiger partial charge in [-0.3, -0.25) is 4.79 Å². The van der Waals surface area contributed by atoms with Crippen LogP contribution in [-0.2, 0) is 10.0 Å². The summed E-state index contributed by atoms with van der Waals surface area (Å²) in [6.07, 6.45) is 2.58. The lowest BCUT2D eigenvalue weighted by Crippen LogP contribution is -2.38. The first-order valence-corrected chi connectivity index (χ1v) is 13.1. The molecule has 1 aliphatic heterocycles. The van der Waals surface area contributed by atoms with E-state index in [4.69, 9.17) is 28.3 Å². The Morgan fingerprint density at radius 1 is 1.14 bits per heavy atom. The maximum atomic E-state index is 13.5. The van der Waals surface area contributed by atoms with E-state index in [0.717, 1.165) is 11.1 Å². The number of hydrogen-bond donors (Lipinski definition) is 2. The molecule has 2 heterocycles. The zero-order chi connectivity index (χ0) is 25.3. The third kappa shape index (κ3) is 5.59. The van der Waals surface area contributed by atoms with Gasteiger partial charge in [0.25, 0.3) is 15.9 Å². The molecule has 0 spiro atoms. The Balaban J connectivity index is 1.63. The first kappa shape index (κ1) is 25.4. The number of piperidine rings is 1. The Labute approximate surface area is 213 Å². The van der Waals surface area contributed by atoms with Gasteiger partial charge in [-0.15, -0.1) is 0 Å². The number of rotatable bonds is 5. The zero-order valence-electron chi connectivity index (χ0n) is 18.8. The molecule has 1 aromatic heterocycles. The maximum Gasteiger partial charge on any atom is 0.257 e. The number of amides is 1. The first-order valence-electron chi connectivity index (χ1n) is 10.8. The van der Waals surface area contributed by atoms with Crippen molar-refractivity contribution in [1.82, 2.24) is 9.88 Å². The van der Waals surface area contributed by atoms with E-state index in [9.17, 15) is 17.6 Å². The number of sulfonamides is 1. The number of pyridine rings is 1. The molecule has 4 rings (SSSR count). The SMILES string of the molecule is Cc1cc(Cl)ccc1Nc1c(C(=O)N2CCC(c3ccc(F)cc3)CC2)cnc(S(N)(=O)=O)c1Cl. The molecule has 0 atom stereocenters. The number of carbonyl (C=O) groups is 1. The minimum absolute atomic E-state index is 0.0989. The number of benzene rings is 2. The summed E-state index contributed by atoms with van der Waals surface area (Å²) in [7, 11) is -4.23. The topological polar surface area (TPSA) is 105 Å². The standard InChI is InChI=1S/C24H23Cl2FN4O3S/c1-14-12-17(25)4-7-20(14)30-22-19(13-29-23(21(22)26)35(28,33)34)24(32)31-10-8-16(9-11-31)15-2-5-18(27)6-3-15/h2-7,12-13,16H,8-11H2,1H3,(H,29,30)(H2,28,33,34). The van der Waals surface area contributed by atoms with Gasteiger partial charge in [-0.2, -0.15) is 0 Å². The fourth-order valence-electron chi connectivity index (χ4n) is 4.18. The van der Waals surface area contributed by atoms with Gasteiger partial charge in [0, 0.05) is 30.0 Å². The van der Waals surface area contributed by atoms with Crippen LogP contribution in [0.1, 0.15) is 40.2 Å². The van der Waals surface area contributed by atoms with Crippen LogP contribution in [0.25, 0.3) is 0 Å². The highest BCUT2D eigenvalue weighted by molar-refractivity contribution is 7.89. The number of nitrogens with zero attached hydrogens (tertiary/aromatic N) is 2. The molecule has 184 valence electrons. The average molecular weight is 537 g/mol. The highest BCUT2D eigenvalue weighted by atomic mass is 35.5. The molecule has 2 aromatic carbocycles.